The Hall–Kier alpha value is -3.83. The Morgan fingerprint density at radius 1 is 1.15 bits per heavy atom. The molecule has 0 unspecified atom stereocenters. The number of nitrogens with two attached hydrogens (primary N) is 1. The molecule has 1 aliphatic rings. The van der Waals surface area contributed by atoms with E-state index >= 15 is 0 Å². The Kier molecular flexibility index (Phi) is 10.4. The Bertz CT molecular complexity index is 1180. The number of ether oxygens (including phenoxy) is 1. The predicted molar refractivity (Wildman–Crippen MR) is 147 cm³/mol. The number of nitrogens with zero attached hydrogens (tertiary/aromatic N) is 2. The maximum atomic E-state index is 14.0. The Morgan fingerprint density at radius 2 is 1.75 bits per heavy atom. The highest BCUT2D eigenvalue weighted by Gasteiger charge is 2.69. The number of likely N-dealkylation sites (tertiary alicyclic amines) is 1. The molecule has 3 rings (SSSR count). The molecule has 0 aliphatic carbocycles. The molecular formula is C29H38N4O7. The van der Waals surface area contributed by atoms with Gasteiger partial charge in [-0.25, -0.2) is 0 Å². The van der Waals surface area contributed by atoms with Crippen LogP contribution in [-0.2, 0) is 25.7 Å². The van der Waals surface area contributed by atoms with Crippen LogP contribution in [0.2, 0.25) is 0 Å². The van der Waals surface area contributed by atoms with E-state index in [1.807, 2.05) is 44.2 Å². The van der Waals surface area contributed by atoms with Gasteiger partial charge in [-0.1, -0.05) is 80.9 Å². The molecule has 216 valence electrons. The van der Waals surface area contributed by atoms with Gasteiger partial charge in [0.25, 0.3) is 0 Å². The van der Waals surface area contributed by atoms with E-state index in [2.05, 4.69) is 5.32 Å². The molecule has 1 aliphatic heterocycles. The smallest absolute Gasteiger partial charge is 0.305 e. The lowest BCUT2D eigenvalue weighted by Crippen LogP contribution is -2.63. The van der Waals surface area contributed by atoms with Gasteiger partial charge in [0.2, 0.25) is 17.9 Å². The predicted octanol–water partition coefficient (Wildman–Crippen LogP) is 2.77. The summed E-state index contributed by atoms with van der Waals surface area (Å²) in [6.45, 7) is 4.80. The number of nitrogens with one attached hydrogen (secondary N) is 1. The highest BCUT2D eigenvalue weighted by atomic mass is 16.6. The van der Waals surface area contributed by atoms with Crippen LogP contribution in [0.4, 0.5) is 0 Å². The van der Waals surface area contributed by atoms with Crippen molar-refractivity contribution in [1.82, 2.24) is 10.2 Å². The second-order valence-corrected chi connectivity index (χ2v) is 10.3. The number of hydrogen-bond donors (Lipinski definition) is 3. The average Bonchev–Trinajstić information content (AvgIpc) is 3.23. The van der Waals surface area contributed by atoms with Gasteiger partial charge in [0.05, 0.1) is 31.6 Å². The number of carboxylic acid groups (broad SMARTS) is 1. The largest absolute Gasteiger partial charge is 0.481 e. The van der Waals surface area contributed by atoms with Crippen molar-refractivity contribution in [3.05, 3.63) is 81.9 Å². The molecule has 2 aromatic rings. The van der Waals surface area contributed by atoms with Crippen LogP contribution in [0.3, 0.4) is 0 Å². The number of rotatable bonds is 13. The SMILES string of the molecule is CC[C@H](C)[C@H](OCc1ccccc1)[C@@H]1[C@H]([N+](=O)[O-])[C@H](c2ccccc2)N(C(=O)CN)[C@]1(C)C(=O)NCCC(=O)O. The topological polar surface area (TPSA) is 165 Å². The number of hydrogen-bond acceptors (Lipinski definition) is 7. The number of carbonyl (C=O) groups excluding carboxylic acids is 2. The number of amides is 2. The summed E-state index contributed by atoms with van der Waals surface area (Å²) >= 11 is 0. The molecule has 0 bridgehead atoms. The van der Waals surface area contributed by atoms with Crippen LogP contribution in [0.25, 0.3) is 0 Å². The standard InChI is InChI=1S/C29H38N4O7/c1-4-19(2)27(40-18-20-11-7-5-8-12-20)24-26(33(38)39)25(21-13-9-6-10-14-21)32(22(34)17-30)29(24,3)28(37)31-16-15-23(35)36/h5-14,19,24-27H,4,15-18,30H2,1-3H3,(H,31,37)(H,35,36)/t19-,24-,25-,26-,27-,29-/m0/s1. The van der Waals surface area contributed by atoms with Gasteiger partial charge in [-0.2, -0.15) is 0 Å². The van der Waals surface area contributed by atoms with E-state index in [-0.39, 0.29) is 25.5 Å². The van der Waals surface area contributed by atoms with E-state index in [1.54, 1.807) is 30.3 Å². The fourth-order valence-electron chi connectivity index (χ4n) is 5.74. The molecule has 1 fully saturated rings. The van der Waals surface area contributed by atoms with Crippen LogP contribution >= 0.6 is 0 Å². The van der Waals surface area contributed by atoms with Crippen LogP contribution in [0.5, 0.6) is 0 Å². The van der Waals surface area contributed by atoms with Gasteiger partial charge in [-0.15, -0.1) is 0 Å². The van der Waals surface area contributed by atoms with Crippen molar-refractivity contribution < 1.29 is 29.2 Å². The summed E-state index contributed by atoms with van der Waals surface area (Å²) in [7, 11) is 0. The normalized spacial score (nSPS) is 23.8. The minimum Gasteiger partial charge on any atom is -0.481 e. The molecule has 0 aromatic heterocycles. The zero-order valence-corrected chi connectivity index (χ0v) is 23.1. The molecular weight excluding hydrogens is 516 g/mol. The highest BCUT2D eigenvalue weighted by molar-refractivity contribution is 5.93. The summed E-state index contributed by atoms with van der Waals surface area (Å²) in [5, 5.41) is 24.7. The molecule has 40 heavy (non-hydrogen) atoms. The van der Waals surface area contributed by atoms with Gasteiger partial charge in [-0.3, -0.25) is 24.5 Å². The molecule has 11 nitrogen and oxygen atoms in total. The Balaban J connectivity index is 2.23. The van der Waals surface area contributed by atoms with Crippen LogP contribution in [-0.4, -0.2) is 63.5 Å². The van der Waals surface area contributed by atoms with Crippen molar-refractivity contribution in [1.29, 1.82) is 0 Å². The number of carbonyl (C=O) groups is 3. The first-order valence-corrected chi connectivity index (χ1v) is 13.4. The lowest BCUT2D eigenvalue weighted by molar-refractivity contribution is -0.536. The molecule has 0 spiro atoms. The van der Waals surface area contributed by atoms with Gasteiger partial charge < -0.3 is 25.8 Å². The van der Waals surface area contributed by atoms with Crippen molar-refractivity contribution >= 4 is 17.8 Å². The summed E-state index contributed by atoms with van der Waals surface area (Å²) in [5.41, 5.74) is 5.38. The van der Waals surface area contributed by atoms with Crippen LogP contribution < -0.4 is 11.1 Å². The van der Waals surface area contributed by atoms with Gasteiger partial charge in [-0.05, 0) is 24.0 Å². The Labute approximate surface area is 233 Å². The molecule has 6 atom stereocenters. The maximum absolute atomic E-state index is 14.0. The van der Waals surface area contributed by atoms with E-state index in [9.17, 15) is 24.5 Å². The molecule has 0 saturated carbocycles. The van der Waals surface area contributed by atoms with Gasteiger partial charge in [0, 0.05) is 11.5 Å². The lowest BCUT2D eigenvalue weighted by atomic mass is 9.74. The first-order valence-electron chi connectivity index (χ1n) is 13.4. The third kappa shape index (κ3) is 6.31. The van der Waals surface area contributed by atoms with Crippen molar-refractivity contribution in [2.45, 2.75) is 63.9 Å². The first-order chi connectivity index (χ1) is 19.1. The molecule has 1 heterocycles. The monoisotopic (exact) mass is 554 g/mol. The van der Waals surface area contributed by atoms with Crippen molar-refractivity contribution in [3.8, 4) is 0 Å². The van der Waals surface area contributed by atoms with Crippen molar-refractivity contribution in [2.24, 2.45) is 17.6 Å². The van der Waals surface area contributed by atoms with Crippen molar-refractivity contribution in [3.63, 3.8) is 0 Å². The number of carboxylic acids is 1. The molecule has 2 amide bonds. The quantitative estimate of drug-likeness (QED) is 0.251. The van der Waals surface area contributed by atoms with E-state index in [4.69, 9.17) is 15.6 Å². The Morgan fingerprint density at radius 3 is 2.27 bits per heavy atom. The second kappa shape index (κ2) is 13.5. The van der Waals surface area contributed by atoms with E-state index in [1.165, 1.54) is 11.8 Å². The summed E-state index contributed by atoms with van der Waals surface area (Å²) in [4.78, 5) is 52.4. The third-order valence-electron chi connectivity index (χ3n) is 7.88. The zero-order chi connectivity index (χ0) is 29.4. The third-order valence-corrected chi connectivity index (χ3v) is 7.88. The molecule has 1 saturated heterocycles. The number of nitro groups is 1. The minimum absolute atomic E-state index is 0.147. The number of aliphatic carboxylic acids is 1. The lowest BCUT2D eigenvalue weighted by Gasteiger charge is -2.42. The van der Waals surface area contributed by atoms with Crippen LogP contribution in [0.15, 0.2) is 60.7 Å². The second-order valence-electron chi connectivity index (χ2n) is 10.3. The summed E-state index contributed by atoms with van der Waals surface area (Å²) in [6, 6.07) is 15.4. The molecule has 2 aromatic carbocycles. The van der Waals surface area contributed by atoms with Crippen LogP contribution in [0.1, 0.15) is 50.8 Å². The van der Waals surface area contributed by atoms with E-state index in [0.717, 1.165) is 5.56 Å². The van der Waals surface area contributed by atoms with Gasteiger partial charge in [0.1, 0.15) is 11.6 Å². The highest BCUT2D eigenvalue weighted by Crippen LogP contribution is 2.51. The zero-order valence-electron chi connectivity index (χ0n) is 23.1. The van der Waals surface area contributed by atoms with Gasteiger partial charge in [0.15, 0.2) is 0 Å². The number of benzene rings is 2. The van der Waals surface area contributed by atoms with Crippen LogP contribution in [0, 0.1) is 22.0 Å². The molecule has 4 N–H and O–H groups in total. The fraction of sp³-hybridized carbons (Fsp3) is 0.483. The summed E-state index contributed by atoms with van der Waals surface area (Å²) < 4.78 is 6.43. The fourth-order valence-corrected chi connectivity index (χ4v) is 5.74. The minimum atomic E-state index is -1.78. The van der Waals surface area contributed by atoms with Gasteiger partial charge >= 0.3 is 5.97 Å². The van der Waals surface area contributed by atoms with E-state index < -0.39 is 58.9 Å². The van der Waals surface area contributed by atoms with E-state index in [0.29, 0.717) is 12.0 Å². The van der Waals surface area contributed by atoms with Crippen molar-refractivity contribution in [2.75, 3.05) is 13.1 Å². The maximum Gasteiger partial charge on any atom is 0.305 e. The average molecular weight is 555 g/mol. The first kappa shape index (κ1) is 30.7. The summed E-state index contributed by atoms with van der Waals surface area (Å²) in [5.74, 6) is -3.76. The molecule has 11 heteroatoms. The summed E-state index contributed by atoms with van der Waals surface area (Å²) in [6.07, 6.45) is -0.562. The molecule has 0 radical (unpaired) electrons.